The van der Waals surface area contributed by atoms with E-state index in [4.69, 9.17) is 0 Å². The molecule has 0 fully saturated rings. The summed E-state index contributed by atoms with van der Waals surface area (Å²) in [6.07, 6.45) is 1.57. The summed E-state index contributed by atoms with van der Waals surface area (Å²) in [4.78, 5) is 27.5. The first-order valence-corrected chi connectivity index (χ1v) is 8.77. The predicted molar refractivity (Wildman–Crippen MR) is 99.6 cm³/mol. The van der Waals surface area contributed by atoms with Gasteiger partial charge in [0.2, 0.25) is 11.8 Å². The maximum absolute atomic E-state index is 13.2. The molecule has 1 aliphatic rings. The van der Waals surface area contributed by atoms with Gasteiger partial charge < -0.3 is 10.2 Å². The highest BCUT2D eigenvalue weighted by atomic mass is 16.2. The van der Waals surface area contributed by atoms with Crippen LogP contribution in [-0.2, 0) is 21.4 Å². The van der Waals surface area contributed by atoms with Gasteiger partial charge in [-0.3, -0.25) is 9.59 Å². The number of likely N-dealkylation sites (N-methyl/N-ethyl adjacent to an activating group) is 1. The number of para-hydroxylation sites is 1. The van der Waals surface area contributed by atoms with E-state index in [0.717, 1.165) is 23.2 Å². The zero-order valence-electron chi connectivity index (χ0n) is 14.8. The van der Waals surface area contributed by atoms with Gasteiger partial charge in [-0.15, -0.1) is 0 Å². The lowest BCUT2D eigenvalue weighted by molar-refractivity contribution is -0.129. The molecule has 2 aromatic carbocycles. The maximum Gasteiger partial charge on any atom is 0.238 e. The van der Waals surface area contributed by atoms with Crippen LogP contribution in [0.25, 0.3) is 0 Å². The molecule has 0 bridgehead atoms. The van der Waals surface area contributed by atoms with Gasteiger partial charge in [-0.25, -0.2) is 0 Å². The average Bonchev–Trinajstić information content (AvgIpc) is 2.84. The van der Waals surface area contributed by atoms with Crippen LogP contribution in [0.15, 0.2) is 54.6 Å². The summed E-state index contributed by atoms with van der Waals surface area (Å²) in [5.41, 5.74) is 2.05. The van der Waals surface area contributed by atoms with Crippen molar-refractivity contribution in [1.29, 1.82) is 0 Å². The number of carbonyl (C=O) groups excluding carboxylic acids is 2. The van der Waals surface area contributed by atoms with Crippen LogP contribution >= 0.6 is 0 Å². The molecule has 0 saturated carbocycles. The third-order valence-electron chi connectivity index (χ3n) is 4.88. The van der Waals surface area contributed by atoms with Crippen molar-refractivity contribution in [3.05, 3.63) is 65.7 Å². The third kappa shape index (κ3) is 3.16. The Hall–Kier alpha value is -2.62. The molecule has 25 heavy (non-hydrogen) atoms. The van der Waals surface area contributed by atoms with Crippen LogP contribution in [0, 0.1) is 0 Å². The Balaban J connectivity index is 2.03. The summed E-state index contributed by atoms with van der Waals surface area (Å²) in [6, 6.07) is 17.7. The van der Waals surface area contributed by atoms with Gasteiger partial charge in [0.05, 0.1) is 5.41 Å². The Morgan fingerprint density at radius 3 is 2.48 bits per heavy atom. The molecule has 3 rings (SSSR count). The topological polar surface area (TPSA) is 49.4 Å². The molecule has 1 aliphatic heterocycles. The number of amides is 2. The number of benzene rings is 2. The van der Waals surface area contributed by atoms with Crippen LogP contribution in [0.2, 0.25) is 0 Å². The van der Waals surface area contributed by atoms with Gasteiger partial charge in [-0.2, -0.15) is 0 Å². The smallest absolute Gasteiger partial charge is 0.238 e. The second-order valence-corrected chi connectivity index (χ2v) is 6.65. The van der Waals surface area contributed by atoms with Crippen molar-refractivity contribution in [2.24, 2.45) is 0 Å². The van der Waals surface area contributed by atoms with Crippen molar-refractivity contribution in [3.8, 4) is 0 Å². The van der Waals surface area contributed by atoms with Gasteiger partial charge in [0.1, 0.15) is 0 Å². The molecule has 1 N–H and O–H groups in total. The number of carbonyl (C=O) groups is 2. The molecule has 0 spiro atoms. The fraction of sp³-hybridized carbons (Fsp3) is 0.333. The first-order chi connectivity index (χ1) is 12.1. The fourth-order valence-electron chi connectivity index (χ4n) is 3.67. The van der Waals surface area contributed by atoms with Gasteiger partial charge in [0.15, 0.2) is 0 Å². The summed E-state index contributed by atoms with van der Waals surface area (Å²) in [5.74, 6) is -0.0829. The van der Waals surface area contributed by atoms with Crippen LogP contribution in [0.4, 0.5) is 5.69 Å². The third-order valence-corrected chi connectivity index (χ3v) is 4.88. The summed E-state index contributed by atoms with van der Waals surface area (Å²) in [5, 5.41) is 2.93. The van der Waals surface area contributed by atoms with E-state index in [2.05, 4.69) is 5.32 Å². The second-order valence-electron chi connectivity index (χ2n) is 6.65. The Bertz CT molecular complexity index is 772. The largest absolute Gasteiger partial charge is 0.356 e. The highest BCUT2D eigenvalue weighted by Gasteiger charge is 2.50. The minimum Gasteiger partial charge on any atom is -0.356 e. The predicted octanol–water partition coefficient (Wildman–Crippen LogP) is 3.06. The van der Waals surface area contributed by atoms with E-state index in [1.54, 1.807) is 11.9 Å². The minimum absolute atomic E-state index is 0.01000. The van der Waals surface area contributed by atoms with Gasteiger partial charge in [-0.05, 0) is 30.0 Å². The quantitative estimate of drug-likeness (QED) is 0.881. The van der Waals surface area contributed by atoms with E-state index in [1.165, 1.54) is 0 Å². The van der Waals surface area contributed by atoms with Crippen molar-refractivity contribution >= 4 is 17.5 Å². The molecule has 0 unspecified atom stereocenters. The SMILES string of the molecule is CCCNC(=O)C[C@]1(Cc2ccccc2)C(=O)N(C)c2ccccc21. The van der Waals surface area contributed by atoms with E-state index >= 15 is 0 Å². The number of anilines is 1. The maximum atomic E-state index is 13.2. The van der Waals surface area contributed by atoms with Gasteiger partial charge in [0, 0.05) is 25.7 Å². The Morgan fingerprint density at radius 1 is 1.08 bits per heavy atom. The van der Waals surface area contributed by atoms with E-state index in [1.807, 2.05) is 61.5 Å². The highest BCUT2D eigenvalue weighted by Crippen LogP contribution is 2.45. The molecule has 130 valence electrons. The van der Waals surface area contributed by atoms with Crippen LogP contribution < -0.4 is 10.2 Å². The van der Waals surface area contributed by atoms with Crippen molar-refractivity contribution in [2.45, 2.75) is 31.6 Å². The Labute approximate surface area is 148 Å². The number of hydrogen-bond donors (Lipinski definition) is 1. The van der Waals surface area contributed by atoms with Crippen LogP contribution in [-0.4, -0.2) is 25.4 Å². The van der Waals surface area contributed by atoms with Crippen LogP contribution in [0.5, 0.6) is 0 Å². The normalized spacial score (nSPS) is 19.0. The van der Waals surface area contributed by atoms with Crippen LogP contribution in [0.3, 0.4) is 0 Å². The average molecular weight is 336 g/mol. The summed E-state index contributed by atoms with van der Waals surface area (Å²) in [6.45, 7) is 2.65. The lowest BCUT2D eigenvalue weighted by atomic mass is 9.73. The lowest BCUT2D eigenvalue weighted by Gasteiger charge is -2.28. The Morgan fingerprint density at radius 2 is 1.76 bits per heavy atom. The summed E-state index contributed by atoms with van der Waals surface area (Å²) in [7, 11) is 1.79. The van der Waals surface area contributed by atoms with Crippen LogP contribution in [0.1, 0.15) is 30.9 Å². The molecular weight excluding hydrogens is 312 g/mol. The highest BCUT2D eigenvalue weighted by molar-refractivity contribution is 6.09. The van der Waals surface area contributed by atoms with E-state index in [9.17, 15) is 9.59 Å². The molecule has 1 atom stereocenters. The van der Waals surface area contributed by atoms with Gasteiger partial charge in [0.25, 0.3) is 0 Å². The monoisotopic (exact) mass is 336 g/mol. The summed E-state index contributed by atoms with van der Waals surface area (Å²) < 4.78 is 0. The number of fused-ring (bicyclic) bond motifs is 1. The molecule has 0 aliphatic carbocycles. The fourth-order valence-corrected chi connectivity index (χ4v) is 3.67. The number of nitrogens with zero attached hydrogens (tertiary/aromatic N) is 1. The van der Waals surface area contributed by atoms with Crippen molar-refractivity contribution in [2.75, 3.05) is 18.5 Å². The van der Waals surface area contributed by atoms with E-state index in [-0.39, 0.29) is 18.2 Å². The van der Waals surface area contributed by atoms with Gasteiger partial charge >= 0.3 is 0 Å². The zero-order chi connectivity index (χ0) is 17.9. The Kier molecular flexibility index (Phi) is 4.88. The van der Waals surface area contributed by atoms with Crippen molar-refractivity contribution in [3.63, 3.8) is 0 Å². The molecule has 4 nitrogen and oxygen atoms in total. The number of nitrogens with one attached hydrogen (secondary N) is 1. The molecule has 4 heteroatoms. The number of hydrogen-bond acceptors (Lipinski definition) is 2. The molecule has 0 aromatic heterocycles. The van der Waals surface area contributed by atoms with Crippen molar-refractivity contribution < 1.29 is 9.59 Å². The second kappa shape index (κ2) is 7.09. The zero-order valence-corrected chi connectivity index (χ0v) is 14.8. The molecular formula is C21H24N2O2. The standard InChI is InChI=1S/C21H24N2O2/c1-3-13-22-19(24)15-21(14-16-9-5-4-6-10-16)17-11-7-8-12-18(17)23(2)20(21)25/h4-12H,3,13-15H2,1-2H3,(H,22,24)/t21-/m0/s1. The molecule has 0 radical (unpaired) electrons. The van der Waals surface area contributed by atoms with E-state index in [0.29, 0.717) is 13.0 Å². The molecule has 2 aromatic rings. The first kappa shape index (κ1) is 17.2. The molecule has 2 amide bonds. The molecule has 1 heterocycles. The van der Waals surface area contributed by atoms with Gasteiger partial charge in [-0.1, -0.05) is 55.5 Å². The first-order valence-electron chi connectivity index (χ1n) is 8.77. The lowest BCUT2D eigenvalue weighted by Crippen LogP contribution is -2.44. The summed E-state index contributed by atoms with van der Waals surface area (Å²) >= 11 is 0. The molecule has 0 saturated heterocycles. The van der Waals surface area contributed by atoms with E-state index < -0.39 is 5.41 Å². The van der Waals surface area contributed by atoms with Crippen molar-refractivity contribution in [1.82, 2.24) is 5.32 Å². The minimum atomic E-state index is -0.843. The number of rotatable bonds is 6.